The first-order valence-corrected chi connectivity index (χ1v) is 31.5. The Labute approximate surface area is 484 Å². The molecule has 14 nitrogen and oxygen atoms in total. The number of likely N-dealkylation sites (tertiary alicyclic amines) is 1. The van der Waals surface area contributed by atoms with Gasteiger partial charge < -0.3 is 34.4 Å². The minimum atomic E-state index is -0.778. The summed E-state index contributed by atoms with van der Waals surface area (Å²) in [6.07, 6.45) is 13.3. The van der Waals surface area contributed by atoms with E-state index in [0.29, 0.717) is 69.2 Å². The molecule has 0 aromatic carbocycles. The highest BCUT2D eigenvalue weighted by atomic mass is 16.5. The van der Waals surface area contributed by atoms with Crippen molar-refractivity contribution >= 4 is 35.9 Å². The van der Waals surface area contributed by atoms with E-state index < -0.39 is 36.1 Å². The van der Waals surface area contributed by atoms with E-state index in [1.165, 1.54) is 26.2 Å². The molecule has 1 aliphatic heterocycles. The predicted molar refractivity (Wildman–Crippen MR) is 315 cm³/mol. The maximum Gasteiger partial charge on any atom is 0.302 e. The van der Waals surface area contributed by atoms with Crippen LogP contribution in [-0.4, -0.2) is 141 Å². The molecule has 0 radical (unpaired) electrons. The summed E-state index contributed by atoms with van der Waals surface area (Å²) in [4.78, 5) is 86.6. The number of aliphatic hydroxyl groups excluding tert-OH is 1. The van der Waals surface area contributed by atoms with Crippen LogP contribution in [0.2, 0.25) is 0 Å². The number of esters is 1. The van der Waals surface area contributed by atoms with E-state index in [0.717, 1.165) is 63.4 Å². The largest absolute Gasteiger partial charge is 0.468 e. The van der Waals surface area contributed by atoms with Crippen LogP contribution in [0.3, 0.4) is 0 Å². The van der Waals surface area contributed by atoms with Crippen molar-refractivity contribution in [2.24, 2.45) is 92.2 Å². The summed E-state index contributed by atoms with van der Waals surface area (Å²) in [6, 6.07) is -1.99. The lowest BCUT2D eigenvalue weighted by atomic mass is 9.32. The van der Waals surface area contributed by atoms with E-state index in [9.17, 15) is 33.9 Å². The summed E-state index contributed by atoms with van der Waals surface area (Å²) in [5, 5.41) is 14.2. The van der Waals surface area contributed by atoms with E-state index in [1.54, 1.807) is 19.1 Å². The number of Topliss-reactive ketones (excluding diaryl/α,β-unsaturated/α-hetero) is 1. The zero-order valence-corrected chi connectivity index (χ0v) is 53.1. The second kappa shape index (κ2) is 26.3. The van der Waals surface area contributed by atoms with Crippen molar-refractivity contribution in [3.8, 4) is 0 Å². The molecule has 5 aliphatic carbocycles. The van der Waals surface area contributed by atoms with Gasteiger partial charge in [0.25, 0.3) is 6.47 Å². The Morgan fingerprint density at radius 2 is 1.52 bits per heavy atom. The van der Waals surface area contributed by atoms with Crippen molar-refractivity contribution in [2.45, 2.75) is 223 Å². The van der Waals surface area contributed by atoms with Crippen LogP contribution >= 0.6 is 0 Å². The Balaban J connectivity index is 1.15. The molecule has 0 spiro atoms. The SMILES string of the molecule is C=C(CCC(=O)[C@H](C)[C@@H](CO)C1CCCN1C(=O)C[C@@H](OC)[C@H]([C@@H](C)CC)N(C)C(=O)[C@@H](NC(=O)[C@H](C(C)C)N(C)C)C(C)C)[C@@H]1CC[C@]2(COC(C)=O)CC[C@]3(C)C(CCC4[C@@]5(C)CC[C@H](COC=O)C(C)(C)[C@@H]5CC[C@]43C)[C@@H]12. The van der Waals surface area contributed by atoms with Gasteiger partial charge in [-0.1, -0.05) is 102 Å². The van der Waals surface area contributed by atoms with Gasteiger partial charge in [-0.05, 0) is 172 Å². The number of hydrogen-bond donors (Lipinski definition) is 2. The Morgan fingerprint density at radius 1 is 0.838 bits per heavy atom. The van der Waals surface area contributed by atoms with E-state index >= 15 is 0 Å². The van der Waals surface area contributed by atoms with Crippen LogP contribution in [0.5, 0.6) is 0 Å². The number of hydrogen-bond acceptors (Lipinski definition) is 11. The molecule has 6 rings (SSSR count). The number of amides is 3. The van der Waals surface area contributed by atoms with Crippen LogP contribution in [0.4, 0.5) is 0 Å². The smallest absolute Gasteiger partial charge is 0.302 e. The minimum Gasteiger partial charge on any atom is -0.468 e. The van der Waals surface area contributed by atoms with Crippen LogP contribution in [-0.2, 0) is 43.0 Å². The van der Waals surface area contributed by atoms with Gasteiger partial charge in [-0.15, -0.1) is 0 Å². The number of nitrogens with one attached hydrogen (secondary N) is 1. The number of fused-ring (bicyclic) bond motifs is 7. The number of allylic oxidation sites excluding steroid dienone is 1. The third kappa shape index (κ3) is 12.4. The molecule has 6 fully saturated rings. The highest BCUT2D eigenvalue weighted by Crippen LogP contribution is 2.78. The number of rotatable bonds is 26. The molecule has 456 valence electrons. The molecule has 0 aromatic heterocycles. The van der Waals surface area contributed by atoms with Crippen molar-refractivity contribution in [3.05, 3.63) is 12.2 Å². The quantitative estimate of drug-likeness (QED) is 0.0480. The molecule has 14 heteroatoms. The van der Waals surface area contributed by atoms with Gasteiger partial charge >= 0.3 is 5.97 Å². The van der Waals surface area contributed by atoms with Crippen molar-refractivity contribution in [1.82, 2.24) is 20.0 Å². The van der Waals surface area contributed by atoms with Crippen LogP contribution in [0.25, 0.3) is 0 Å². The lowest BCUT2D eigenvalue weighted by Gasteiger charge is -2.73. The number of carbonyl (C=O) groups is 6. The van der Waals surface area contributed by atoms with Gasteiger partial charge in [0.05, 0.1) is 37.8 Å². The number of aliphatic hydroxyl groups is 1. The van der Waals surface area contributed by atoms with Crippen molar-refractivity contribution in [3.63, 3.8) is 0 Å². The third-order valence-electron chi connectivity index (χ3n) is 24.2. The van der Waals surface area contributed by atoms with Gasteiger partial charge in [0.1, 0.15) is 11.8 Å². The first kappa shape index (κ1) is 65.8. The second-order valence-electron chi connectivity index (χ2n) is 29.2. The molecule has 5 saturated carbocycles. The Hall–Kier alpha value is -3.36. The van der Waals surface area contributed by atoms with E-state index in [4.69, 9.17) is 20.8 Å². The number of nitrogens with zero attached hydrogens (tertiary/aromatic N) is 3. The maximum absolute atomic E-state index is 14.7. The van der Waals surface area contributed by atoms with Crippen molar-refractivity contribution in [1.29, 1.82) is 0 Å². The van der Waals surface area contributed by atoms with Crippen molar-refractivity contribution < 1.29 is 48.1 Å². The molecule has 18 atom stereocenters. The molecule has 2 N–H and O–H groups in total. The standard InChI is InChI=1S/C66H112N4O10/c1-19-42(6)59(69(17)61(77)57(40(2)3)67-60(76)58(41(4)5)68(15)16)52(78-18)35-55(75)70-34-20-21-50(70)48(36-71)44(8)51(74)24-22-43(7)47-27-31-66(38-80-45(9)73)33-32-64(13)49(56(47)66)23-25-54-63(12)29-26-46(37-79-39-72)62(10,11)53(63)28-30-65(54,64)14/h39-42,44,46-50,52-54,56-59,71H,7,19-38H2,1-6,8-18H3,(H,67,76)/t42-,44+,46+,47-,48+,49?,50?,52+,53-,54?,56+,57-,58-,59-,63-,64+,65+,66+/m0/s1. The summed E-state index contributed by atoms with van der Waals surface area (Å²) in [5.41, 5.74) is 1.43. The summed E-state index contributed by atoms with van der Waals surface area (Å²) in [6.45, 7) is 34.8. The molecule has 1 heterocycles. The number of ketones is 1. The Morgan fingerprint density at radius 3 is 2.11 bits per heavy atom. The zero-order valence-electron chi connectivity index (χ0n) is 53.1. The van der Waals surface area contributed by atoms with Gasteiger partial charge in [0.2, 0.25) is 17.7 Å². The fraction of sp³-hybridized carbons (Fsp3) is 0.879. The molecular weight excluding hydrogens is 1010 g/mol. The normalized spacial score (nSPS) is 34.4. The molecule has 0 bridgehead atoms. The van der Waals surface area contributed by atoms with E-state index in [2.05, 4.69) is 53.8 Å². The minimum absolute atomic E-state index is 0.0216. The summed E-state index contributed by atoms with van der Waals surface area (Å²) in [5.74, 6) is 0.524. The molecule has 3 amide bonds. The first-order chi connectivity index (χ1) is 37.5. The van der Waals surface area contributed by atoms with E-state index in [-0.39, 0.29) is 105 Å². The van der Waals surface area contributed by atoms with Crippen LogP contribution < -0.4 is 5.32 Å². The third-order valence-corrected chi connectivity index (χ3v) is 24.2. The average Bonchev–Trinajstić information content (AvgIpc) is 3.96. The molecule has 80 heavy (non-hydrogen) atoms. The number of ether oxygens (including phenoxy) is 3. The van der Waals surface area contributed by atoms with Gasteiger partial charge in [0.15, 0.2) is 0 Å². The van der Waals surface area contributed by atoms with Gasteiger partial charge in [-0.3, -0.25) is 33.7 Å². The Bertz CT molecular complexity index is 2190. The number of carbonyl (C=O) groups excluding carboxylic acids is 6. The number of likely N-dealkylation sites (N-methyl/N-ethyl adjacent to an activating group) is 2. The fourth-order valence-electron chi connectivity index (χ4n) is 19.4. The molecular formula is C66H112N4O10. The highest BCUT2D eigenvalue weighted by molar-refractivity contribution is 5.90. The number of methoxy groups -OCH3 is 1. The zero-order chi connectivity index (χ0) is 59.6. The van der Waals surface area contributed by atoms with Gasteiger partial charge in [0, 0.05) is 63.9 Å². The lowest BCUT2D eigenvalue weighted by Crippen LogP contribution is -2.66. The molecule has 0 aromatic rings. The highest BCUT2D eigenvalue weighted by Gasteiger charge is 2.71. The monoisotopic (exact) mass is 1120 g/mol. The maximum atomic E-state index is 14.7. The fourth-order valence-corrected chi connectivity index (χ4v) is 19.4. The summed E-state index contributed by atoms with van der Waals surface area (Å²) < 4.78 is 17.6. The average molecular weight is 1120 g/mol. The van der Waals surface area contributed by atoms with Gasteiger partial charge in [-0.2, -0.15) is 0 Å². The van der Waals surface area contributed by atoms with Crippen LogP contribution in [0.1, 0.15) is 193 Å². The molecule has 3 unspecified atom stereocenters. The predicted octanol–water partition coefficient (Wildman–Crippen LogP) is 10.6. The Kier molecular flexibility index (Phi) is 21.6. The molecule has 1 saturated heterocycles. The topological polar surface area (TPSA) is 172 Å². The summed E-state index contributed by atoms with van der Waals surface area (Å²) in [7, 11) is 7.07. The second-order valence-corrected chi connectivity index (χ2v) is 29.2. The van der Waals surface area contributed by atoms with Crippen LogP contribution in [0.15, 0.2) is 12.2 Å². The van der Waals surface area contributed by atoms with Crippen LogP contribution in [0, 0.1) is 92.2 Å². The lowest BCUT2D eigenvalue weighted by molar-refractivity contribution is -0.246. The molecule has 6 aliphatic rings. The van der Waals surface area contributed by atoms with Gasteiger partial charge in [-0.25, -0.2) is 0 Å². The van der Waals surface area contributed by atoms with Crippen molar-refractivity contribution in [2.75, 3.05) is 54.6 Å². The van der Waals surface area contributed by atoms with E-state index in [1.807, 2.05) is 58.5 Å². The first-order valence-electron chi connectivity index (χ1n) is 31.5. The summed E-state index contributed by atoms with van der Waals surface area (Å²) >= 11 is 0.